The van der Waals surface area contributed by atoms with Gasteiger partial charge in [0.1, 0.15) is 0 Å². The van der Waals surface area contributed by atoms with Gasteiger partial charge in [0.15, 0.2) is 0 Å². The van der Waals surface area contributed by atoms with E-state index >= 15 is 0 Å². The third-order valence-corrected chi connectivity index (χ3v) is 2.64. The van der Waals surface area contributed by atoms with Crippen molar-refractivity contribution in [3.8, 4) is 0 Å². The Morgan fingerprint density at radius 2 is 2.00 bits per heavy atom. The number of aliphatic hydroxyl groups is 3. The minimum absolute atomic E-state index is 0.00364. The van der Waals surface area contributed by atoms with Crippen LogP contribution in [0.2, 0.25) is 0 Å². The topological polar surface area (TPSA) is 65.6 Å². The van der Waals surface area contributed by atoms with Crippen molar-refractivity contribution < 1.29 is 15.3 Å². The Balaban J connectivity index is 2.38. The first-order valence-electron chi connectivity index (χ1n) is 5.22. The standard InChI is InChI=1S/C12H15NO3/c14-7-9-1-2-10-3-4-13(12(10)5-9)6-11(16)8-15/h1-5,11,14-16H,6-8H2. The van der Waals surface area contributed by atoms with E-state index in [0.29, 0.717) is 6.54 Å². The summed E-state index contributed by atoms with van der Waals surface area (Å²) in [4.78, 5) is 0. The van der Waals surface area contributed by atoms with E-state index in [-0.39, 0.29) is 13.2 Å². The molecule has 16 heavy (non-hydrogen) atoms. The summed E-state index contributed by atoms with van der Waals surface area (Å²) in [6.07, 6.45) is 1.11. The highest BCUT2D eigenvalue weighted by atomic mass is 16.3. The van der Waals surface area contributed by atoms with Crippen molar-refractivity contribution in [1.82, 2.24) is 4.57 Å². The molecule has 1 atom stereocenters. The van der Waals surface area contributed by atoms with Crippen LogP contribution < -0.4 is 0 Å². The molecule has 1 aromatic heterocycles. The third kappa shape index (κ3) is 2.09. The summed E-state index contributed by atoms with van der Waals surface area (Å²) in [5, 5.41) is 28.3. The lowest BCUT2D eigenvalue weighted by molar-refractivity contribution is 0.0822. The van der Waals surface area contributed by atoms with Gasteiger partial charge in [0.2, 0.25) is 0 Å². The largest absolute Gasteiger partial charge is 0.394 e. The van der Waals surface area contributed by atoms with E-state index in [1.54, 1.807) is 0 Å². The fraction of sp³-hybridized carbons (Fsp3) is 0.333. The molecule has 0 aliphatic heterocycles. The highest BCUT2D eigenvalue weighted by Gasteiger charge is 2.06. The first-order chi connectivity index (χ1) is 7.74. The van der Waals surface area contributed by atoms with E-state index in [9.17, 15) is 5.11 Å². The molecule has 4 nitrogen and oxygen atoms in total. The molecule has 1 aromatic carbocycles. The lowest BCUT2D eigenvalue weighted by atomic mass is 10.2. The van der Waals surface area contributed by atoms with Crippen LogP contribution in [0.5, 0.6) is 0 Å². The lowest BCUT2D eigenvalue weighted by Gasteiger charge is -2.10. The van der Waals surface area contributed by atoms with Gasteiger partial charge in [0.25, 0.3) is 0 Å². The number of benzene rings is 1. The molecule has 2 aromatic rings. The highest BCUT2D eigenvalue weighted by molar-refractivity contribution is 5.80. The van der Waals surface area contributed by atoms with Gasteiger partial charge in [-0.1, -0.05) is 12.1 Å². The summed E-state index contributed by atoms with van der Waals surface area (Å²) in [7, 11) is 0. The van der Waals surface area contributed by atoms with E-state index in [1.165, 1.54) is 0 Å². The van der Waals surface area contributed by atoms with Crippen LogP contribution in [0.3, 0.4) is 0 Å². The lowest BCUT2D eigenvalue weighted by Crippen LogP contribution is -2.19. The molecule has 0 aliphatic rings. The van der Waals surface area contributed by atoms with E-state index < -0.39 is 6.10 Å². The van der Waals surface area contributed by atoms with Gasteiger partial charge in [0.05, 0.1) is 25.9 Å². The van der Waals surface area contributed by atoms with Gasteiger partial charge in [-0.05, 0) is 23.1 Å². The Labute approximate surface area is 93.4 Å². The molecule has 0 bridgehead atoms. The average molecular weight is 221 g/mol. The molecular weight excluding hydrogens is 206 g/mol. The van der Waals surface area contributed by atoms with Crippen molar-refractivity contribution in [2.45, 2.75) is 19.3 Å². The number of hydrogen-bond acceptors (Lipinski definition) is 3. The van der Waals surface area contributed by atoms with E-state index in [2.05, 4.69) is 0 Å². The maximum atomic E-state index is 9.40. The molecule has 0 spiro atoms. The van der Waals surface area contributed by atoms with Crippen LogP contribution in [-0.4, -0.2) is 32.6 Å². The highest BCUT2D eigenvalue weighted by Crippen LogP contribution is 2.18. The third-order valence-electron chi connectivity index (χ3n) is 2.64. The van der Waals surface area contributed by atoms with Crippen LogP contribution in [0, 0.1) is 0 Å². The minimum atomic E-state index is -0.756. The molecule has 4 heteroatoms. The second-order valence-corrected chi connectivity index (χ2v) is 3.86. The van der Waals surface area contributed by atoms with Gasteiger partial charge in [-0.15, -0.1) is 0 Å². The molecular formula is C12H15NO3. The van der Waals surface area contributed by atoms with Gasteiger partial charge in [0, 0.05) is 11.7 Å². The Bertz CT molecular complexity index is 478. The summed E-state index contributed by atoms with van der Waals surface area (Å²) in [6.45, 7) is 0.109. The van der Waals surface area contributed by atoms with E-state index in [1.807, 2.05) is 35.0 Å². The fourth-order valence-electron chi connectivity index (χ4n) is 1.77. The smallest absolute Gasteiger partial charge is 0.0949 e. The molecule has 3 N–H and O–H groups in total. The molecule has 0 saturated heterocycles. The van der Waals surface area contributed by atoms with Crippen LogP contribution in [0.1, 0.15) is 5.56 Å². The minimum Gasteiger partial charge on any atom is -0.394 e. The van der Waals surface area contributed by atoms with Crippen molar-refractivity contribution in [1.29, 1.82) is 0 Å². The normalized spacial score (nSPS) is 13.2. The van der Waals surface area contributed by atoms with Gasteiger partial charge in [-0.2, -0.15) is 0 Å². The Morgan fingerprint density at radius 3 is 2.69 bits per heavy atom. The van der Waals surface area contributed by atoms with Crippen LogP contribution in [0.15, 0.2) is 30.5 Å². The van der Waals surface area contributed by atoms with Gasteiger partial charge >= 0.3 is 0 Å². The zero-order valence-electron chi connectivity index (χ0n) is 8.87. The van der Waals surface area contributed by atoms with Crippen molar-refractivity contribution in [3.63, 3.8) is 0 Å². The molecule has 0 saturated carbocycles. The number of fused-ring (bicyclic) bond motifs is 1. The summed E-state index contributed by atoms with van der Waals surface area (Å²) in [6, 6.07) is 7.64. The fourth-order valence-corrected chi connectivity index (χ4v) is 1.77. The maximum Gasteiger partial charge on any atom is 0.0949 e. The quantitative estimate of drug-likeness (QED) is 0.704. The van der Waals surface area contributed by atoms with Gasteiger partial charge in [-0.3, -0.25) is 0 Å². The summed E-state index contributed by atoms with van der Waals surface area (Å²) in [5.41, 5.74) is 1.80. The molecule has 0 aliphatic carbocycles. The monoisotopic (exact) mass is 221 g/mol. The number of rotatable bonds is 4. The van der Waals surface area contributed by atoms with Crippen molar-refractivity contribution in [2.75, 3.05) is 6.61 Å². The van der Waals surface area contributed by atoms with Crippen LogP contribution in [0.25, 0.3) is 10.9 Å². The van der Waals surface area contributed by atoms with Crippen molar-refractivity contribution in [3.05, 3.63) is 36.0 Å². The van der Waals surface area contributed by atoms with Crippen molar-refractivity contribution >= 4 is 10.9 Å². The summed E-state index contributed by atoms with van der Waals surface area (Å²) >= 11 is 0. The second kappa shape index (κ2) is 4.65. The predicted octanol–water partition coefficient (Wildman–Crippen LogP) is 0.487. The van der Waals surface area contributed by atoms with Crippen molar-refractivity contribution in [2.24, 2.45) is 0 Å². The first kappa shape index (κ1) is 11.1. The van der Waals surface area contributed by atoms with Gasteiger partial charge < -0.3 is 19.9 Å². The Morgan fingerprint density at radius 1 is 1.19 bits per heavy atom. The Hall–Kier alpha value is -1.36. The molecule has 0 amide bonds. The van der Waals surface area contributed by atoms with Crippen LogP contribution in [0.4, 0.5) is 0 Å². The van der Waals surface area contributed by atoms with Gasteiger partial charge in [-0.25, -0.2) is 0 Å². The number of nitrogens with zero attached hydrogens (tertiary/aromatic N) is 1. The average Bonchev–Trinajstić information content (AvgIpc) is 2.71. The SMILES string of the molecule is OCc1ccc2ccn(CC(O)CO)c2c1. The summed E-state index contributed by atoms with van der Waals surface area (Å²) in [5.74, 6) is 0. The Kier molecular flexibility index (Phi) is 3.24. The molecule has 0 fully saturated rings. The zero-order chi connectivity index (χ0) is 11.5. The predicted molar refractivity (Wildman–Crippen MR) is 61.0 cm³/mol. The summed E-state index contributed by atoms with van der Waals surface area (Å²) < 4.78 is 1.87. The number of aliphatic hydroxyl groups excluding tert-OH is 3. The van der Waals surface area contributed by atoms with Crippen LogP contribution >= 0.6 is 0 Å². The first-order valence-corrected chi connectivity index (χ1v) is 5.22. The molecule has 86 valence electrons. The molecule has 0 radical (unpaired) electrons. The maximum absolute atomic E-state index is 9.40. The second-order valence-electron chi connectivity index (χ2n) is 3.86. The zero-order valence-corrected chi connectivity index (χ0v) is 8.87. The molecule has 2 rings (SSSR count). The number of hydrogen-bond donors (Lipinski definition) is 3. The van der Waals surface area contributed by atoms with E-state index in [0.717, 1.165) is 16.5 Å². The van der Waals surface area contributed by atoms with Crippen LogP contribution in [-0.2, 0) is 13.2 Å². The number of aromatic nitrogens is 1. The molecule has 1 heterocycles. The molecule has 1 unspecified atom stereocenters. The van der Waals surface area contributed by atoms with E-state index in [4.69, 9.17) is 10.2 Å².